The Morgan fingerprint density at radius 3 is 2.40 bits per heavy atom. The van der Waals surface area contributed by atoms with Crippen LogP contribution >= 0.6 is 12.6 Å². The molecular formula is C15H21NO3S. The summed E-state index contributed by atoms with van der Waals surface area (Å²) in [6.45, 7) is 2.01. The SMILES string of the molecule is CCCC(C(=O)N[C@@H](CCS)C(=O)O)c1ccccc1. The van der Waals surface area contributed by atoms with Crippen LogP contribution in [0.3, 0.4) is 0 Å². The van der Waals surface area contributed by atoms with E-state index < -0.39 is 12.0 Å². The van der Waals surface area contributed by atoms with E-state index in [0.717, 1.165) is 12.0 Å². The number of rotatable bonds is 8. The summed E-state index contributed by atoms with van der Waals surface area (Å²) >= 11 is 4.03. The van der Waals surface area contributed by atoms with Gasteiger partial charge in [-0.05, 0) is 24.2 Å². The number of aliphatic carboxylic acids is 1. The topological polar surface area (TPSA) is 66.4 Å². The summed E-state index contributed by atoms with van der Waals surface area (Å²) in [7, 11) is 0. The van der Waals surface area contributed by atoms with E-state index in [1.54, 1.807) is 0 Å². The molecule has 0 saturated heterocycles. The van der Waals surface area contributed by atoms with Crippen molar-refractivity contribution in [3.63, 3.8) is 0 Å². The Bertz CT molecular complexity index is 436. The summed E-state index contributed by atoms with van der Waals surface area (Å²) in [6.07, 6.45) is 1.87. The Kier molecular flexibility index (Phi) is 7.15. The van der Waals surface area contributed by atoms with Gasteiger partial charge in [-0.3, -0.25) is 4.79 Å². The maximum absolute atomic E-state index is 12.3. The van der Waals surface area contributed by atoms with Crippen molar-refractivity contribution in [3.8, 4) is 0 Å². The quantitative estimate of drug-likeness (QED) is 0.645. The van der Waals surface area contributed by atoms with Gasteiger partial charge in [0, 0.05) is 0 Å². The van der Waals surface area contributed by atoms with E-state index in [1.807, 2.05) is 37.3 Å². The minimum atomic E-state index is -1.02. The van der Waals surface area contributed by atoms with Gasteiger partial charge in [0.25, 0.3) is 0 Å². The number of carbonyl (C=O) groups excluding carboxylic acids is 1. The zero-order valence-corrected chi connectivity index (χ0v) is 12.5. The summed E-state index contributed by atoms with van der Waals surface area (Å²) < 4.78 is 0. The van der Waals surface area contributed by atoms with Crippen LogP contribution in [0.25, 0.3) is 0 Å². The normalized spacial score (nSPS) is 13.5. The molecule has 1 aromatic rings. The molecule has 0 fully saturated rings. The first-order valence-corrected chi connectivity index (χ1v) is 7.42. The van der Waals surface area contributed by atoms with E-state index in [2.05, 4.69) is 17.9 Å². The Morgan fingerprint density at radius 2 is 1.90 bits per heavy atom. The molecule has 0 aliphatic heterocycles. The van der Waals surface area contributed by atoms with Crippen LogP contribution in [0.4, 0.5) is 0 Å². The summed E-state index contributed by atoms with van der Waals surface area (Å²) in [4.78, 5) is 23.4. The van der Waals surface area contributed by atoms with Crippen LogP contribution in [-0.2, 0) is 9.59 Å². The number of hydrogen-bond acceptors (Lipinski definition) is 3. The van der Waals surface area contributed by atoms with Crippen molar-refractivity contribution in [2.75, 3.05) is 5.75 Å². The maximum atomic E-state index is 12.3. The summed E-state index contributed by atoms with van der Waals surface area (Å²) in [5.41, 5.74) is 0.918. The average Bonchev–Trinajstić information content (AvgIpc) is 2.45. The van der Waals surface area contributed by atoms with Gasteiger partial charge in [0.2, 0.25) is 5.91 Å². The molecule has 1 aromatic carbocycles. The molecule has 4 nitrogen and oxygen atoms in total. The second-order valence-electron chi connectivity index (χ2n) is 4.66. The number of hydrogen-bond donors (Lipinski definition) is 3. The lowest BCUT2D eigenvalue weighted by atomic mass is 9.93. The van der Waals surface area contributed by atoms with E-state index in [1.165, 1.54) is 0 Å². The van der Waals surface area contributed by atoms with Gasteiger partial charge >= 0.3 is 5.97 Å². The fraction of sp³-hybridized carbons (Fsp3) is 0.467. The monoisotopic (exact) mass is 295 g/mol. The fourth-order valence-electron chi connectivity index (χ4n) is 2.08. The number of nitrogens with one attached hydrogen (secondary N) is 1. The number of benzene rings is 1. The number of carboxylic acids is 1. The van der Waals surface area contributed by atoms with Crippen molar-refractivity contribution in [1.82, 2.24) is 5.32 Å². The second kappa shape index (κ2) is 8.64. The smallest absolute Gasteiger partial charge is 0.326 e. The van der Waals surface area contributed by atoms with Gasteiger partial charge in [-0.1, -0.05) is 43.7 Å². The molecule has 2 N–H and O–H groups in total. The number of amides is 1. The molecule has 1 rings (SSSR count). The zero-order valence-electron chi connectivity index (χ0n) is 11.6. The predicted octanol–water partition coefficient (Wildman–Crippen LogP) is 2.46. The van der Waals surface area contributed by atoms with Crippen LogP contribution in [0, 0.1) is 0 Å². The Hall–Kier alpha value is -1.49. The average molecular weight is 295 g/mol. The highest BCUT2D eigenvalue weighted by Gasteiger charge is 2.25. The third-order valence-corrected chi connectivity index (χ3v) is 3.39. The lowest BCUT2D eigenvalue weighted by Crippen LogP contribution is -2.43. The van der Waals surface area contributed by atoms with Crippen molar-refractivity contribution in [2.24, 2.45) is 0 Å². The van der Waals surface area contributed by atoms with Gasteiger partial charge in [-0.2, -0.15) is 12.6 Å². The zero-order chi connectivity index (χ0) is 15.0. The van der Waals surface area contributed by atoms with Crippen LogP contribution in [0.2, 0.25) is 0 Å². The first-order valence-electron chi connectivity index (χ1n) is 6.79. The number of carbonyl (C=O) groups is 2. The summed E-state index contributed by atoms with van der Waals surface area (Å²) in [5.74, 6) is -1.13. The molecule has 0 radical (unpaired) electrons. The van der Waals surface area contributed by atoms with E-state index in [4.69, 9.17) is 5.11 Å². The maximum Gasteiger partial charge on any atom is 0.326 e. The van der Waals surface area contributed by atoms with Crippen LogP contribution in [-0.4, -0.2) is 28.8 Å². The lowest BCUT2D eigenvalue weighted by molar-refractivity contribution is -0.142. The Labute approximate surface area is 125 Å². The highest BCUT2D eigenvalue weighted by molar-refractivity contribution is 7.80. The molecule has 110 valence electrons. The van der Waals surface area contributed by atoms with Crippen LogP contribution < -0.4 is 5.32 Å². The molecule has 0 saturated carbocycles. The summed E-state index contributed by atoms with van der Waals surface area (Å²) in [6, 6.07) is 8.58. The Morgan fingerprint density at radius 1 is 1.25 bits per heavy atom. The molecule has 0 aliphatic carbocycles. The van der Waals surface area contributed by atoms with Crippen molar-refractivity contribution in [3.05, 3.63) is 35.9 Å². The third kappa shape index (κ3) is 4.89. The number of thiol groups is 1. The first-order chi connectivity index (χ1) is 9.60. The van der Waals surface area contributed by atoms with Gasteiger partial charge in [0.15, 0.2) is 0 Å². The lowest BCUT2D eigenvalue weighted by Gasteiger charge is -2.20. The third-order valence-electron chi connectivity index (χ3n) is 3.13. The molecule has 0 aliphatic rings. The van der Waals surface area contributed by atoms with Crippen molar-refractivity contribution in [1.29, 1.82) is 0 Å². The molecule has 0 aromatic heterocycles. The van der Waals surface area contributed by atoms with Crippen LogP contribution in [0.15, 0.2) is 30.3 Å². The van der Waals surface area contributed by atoms with Crippen LogP contribution in [0.5, 0.6) is 0 Å². The first kappa shape index (κ1) is 16.6. The van der Waals surface area contributed by atoms with Crippen molar-refractivity contribution in [2.45, 2.75) is 38.1 Å². The largest absolute Gasteiger partial charge is 0.480 e. The Balaban J connectivity index is 2.81. The van der Waals surface area contributed by atoms with Crippen molar-refractivity contribution >= 4 is 24.5 Å². The standard InChI is InChI=1S/C15H21NO3S/c1-2-6-12(11-7-4-3-5-8-11)14(17)16-13(9-10-20)15(18)19/h3-5,7-8,12-13,20H,2,6,9-10H2,1H3,(H,16,17)(H,18,19)/t12?,13-/m0/s1. The van der Waals surface area contributed by atoms with Gasteiger partial charge < -0.3 is 10.4 Å². The minimum Gasteiger partial charge on any atom is -0.480 e. The molecule has 2 atom stereocenters. The highest BCUT2D eigenvalue weighted by atomic mass is 32.1. The van der Waals surface area contributed by atoms with Gasteiger partial charge in [-0.15, -0.1) is 0 Å². The van der Waals surface area contributed by atoms with Gasteiger partial charge in [-0.25, -0.2) is 4.79 Å². The van der Waals surface area contributed by atoms with E-state index in [9.17, 15) is 9.59 Å². The molecular weight excluding hydrogens is 274 g/mol. The van der Waals surface area contributed by atoms with Crippen molar-refractivity contribution < 1.29 is 14.7 Å². The van der Waals surface area contributed by atoms with Gasteiger partial charge in [0.1, 0.15) is 6.04 Å². The van der Waals surface area contributed by atoms with E-state index in [-0.39, 0.29) is 11.8 Å². The number of carboxylic acid groups (broad SMARTS) is 1. The van der Waals surface area contributed by atoms with Crippen LogP contribution in [0.1, 0.15) is 37.7 Å². The van der Waals surface area contributed by atoms with Gasteiger partial charge in [0.05, 0.1) is 5.92 Å². The molecule has 0 spiro atoms. The van der Waals surface area contributed by atoms with E-state index in [0.29, 0.717) is 18.6 Å². The highest BCUT2D eigenvalue weighted by Crippen LogP contribution is 2.21. The fourth-order valence-corrected chi connectivity index (χ4v) is 2.34. The summed E-state index contributed by atoms with van der Waals surface area (Å²) in [5, 5.41) is 11.7. The predicted molar refractivity (Wildman–Crippen MR) is 82.1 cm³/mol. The minimum absolute atomic E-state index is 0.229. The molecule has 1 unspecified atom stereocenters. The molecule has 5 heteroatoms. The second-order valence-corrected chi connectivity index (χ2v) is 5.11. The molecule has 20 heavy (non-hydrogen) atoms. The van der Waals surface area contributed by atoms with E-state index >= 15 is 0 Å². The molecule has 0 heterocycles. The molecule has 1 amide bonds. The molecule has 0 bridgehead atoms.